The minimum Gasteiger partial charge on any atom is -0.488 e. The Morgan fingerprint density at radius 3 is 2.68 bits per heavy atom. The van der Waals surface area contributed by atoms with E-state index in [0.29, 0.717) is 29.4 Å². The van der Waals surface area contributed by atoms with Crippen molar-refractivity contribution >= 4 is 12.1 Å². The molecule has 0 aliphatic carbocycles. The third-order valence-electron chi connectivity index (χ3n) is 4.16. The maximum absolute atomic E-state index is 12.3. The first-order valence-corrected chi connectivity index (χ1v) is 8.78. The molecule has 3 aromatic carbocycles. The number of ether oxygens (including phenoxy) is 3. The summed E-state index contributed by atoms with van der Waals surface area (Å²) in [5.41, 5.74) is 4.80. The molecule has 0 radical (unpaired) electrons. The minimum absolute atomic E-state index is 0.165. The summed E-state index contributed by atoms with van der Waals surface area (Å²) in [6.07, 6.45) is 1.56. The van der Waals surface area contributed by atoms with Crippen molar-refractivity contribution in [1.29, 1.82) is 0 Å². The lowest BCUT2D eigenvalue weighted by Gasteiger charge is -2.09. The zero-order valence-corrected chi connectivity index (χ0v) is 15.0. The molecule has 0 unspecified atom stereocenters. The van der Waals surface area contributed by atoms with Gasteiger partial charge in [0.25, 0.3) is 5.91 Å². The largest absolute Gasteiger partial charge is 0.488 e. The average Bonchev–Trinajstić information content (AvgIpc) is 3.21. The van der Waals surface area contributed by atoms with Crippen molar-refractivity contribution in [3.05, 3.63) is 89.5 Å². The number of hydrogen-bond acceptors (Lipinski definition) is 5. The van der Waals surface area contributed by atoms with E-state index in [4.69, 9.17) is 14.2 Å². The van der Waals surface area contributed by atoms with E-state index in [1.165, 1.54) is 0 Å². The van der Waals surface area contributed by atoms with Crippen molar-refractivity contribution in [1.82, 2.24) is 5.43 Å². The Labute approximate surface area is 162 Å². The maximum atomic E-state index is 12.3. The van der Waals surface area contributed by atoms with Gasteiger partial charge in [-0.3, -0.25) is 4.79 Å². The number of fused-ring (bicyclic) bond motifs is 1. The molecule has 0 saturated heterocycles. The van der Waals surface area contributed by atoms with Crippen LogP contribution in [0.25, 0.3) is 0 Å². The monoisotopic (exact) mass is 374 g/mol. The van der Waals surface area contributed by atoms with E-state index in [9.17, 15) is 4.79 Å². The molecule has 6 nitrogen and oxygen atoms in total. The van der Waals surface area contributed by atoms with Crippen LogP contribution in [0.1, 0.15) is 21.5 Å². The van der Waals surface area contributed by atoms with E-state index in [-0.39, 0.29) is 12.7 Å². The van der Waals surface area contributed by atoms with E-state index in [0.717, 1.165) is 11.1 Å². The summed E-state index contributed by atoms with van der Waals surface area (Å²) < 4.78 is 16.4. The van der Waals surface area contributed by atoms with Crippen LogP contribution in [0.3, 0.4) is 0 Å². The number of nitrogens with one attached hydrogen (secondary N) is 1. The molecule has 1 aliphatic heterocycles. The van der Waals surface area contributed by atoms with Gasteiger partial charge in [-0.1, -0.05) is 42.5 Å². The molecule has 28 heavy (non-hydrogen) atoms. The van der Waals surface area contributed by atoms with Gasteiger partial charge >= 0.3 is 0 Å². The highest BCUT2D eigenvalue weighted by molar-refractivity contribution is 5.95. The number of para-hydroxylation sites is 1. The molecule has 4 rings (SSSR count). The average molecular weight is 374 g/mol. The van der Waals surface area contributed by atoms with Crippen LogP contribution in [0.15, 0.2) is 77.9 Å². The lowest BCUT2D eigenvalue weighted by molar-refractivity contribution is 0.0954. The van der Waals surface area contributed by atoms with Crippen LogP contribution in [-0.2, 0) is 6.61 Å². The lowest BCUT2D eigenvalue weighted by atomic mass is 10.2. The second-order valence-corrected chi connectivity index (χ2v) is 6.08. The third kappa shape index (κ3) is 4.12. The molecule has 3 aromatic rings. The number of benzene rings is 3. The molecule has 0 aromatic heterocycles. The van der Waals surface area contributed by atoms with Crippen LogP contribution in [0.2, 0.25) is 0 Å². The first-order valence-electron chi connectivity index (χ1n) is 8.78. The highest BCUT2D eigenvalue weighted by Gasteiger charge is 2.15. The molecule has 0 bridgehead atoms. The number of hydrazone groups is 1. The second-order valence-electron chi connectivity index (χ2n) is 6.08. The predicted molar refractivity (Wildman–Crippen MR) is 105 cm³/mol. The number of nitrogens with zero attached hydrogens (tertiary/aromatic N) is 1. The lowest BCUT2D eigenvalue weighted by Crippen LogP contribution is -2.17. The summed E-state index contributed by atoms with van der Waals surface area (Å²) in [6.45, 7) is 0.619. The van der Waals surface area contributed by atoms with Crippen LogP contribution in [0.4, 0.5) is 0 Å². The number of amides is 1. The number of carbonyl (C=O) groups is 1. The van der Waals surface area contributed by atoms with Gasteiger partial charge in [0, 0.05) is 11.1 Å². The van der Waals surface area contributed by atoms with E-state index >= 15 is 0 Å². The molecule has 0 spiro atoms. The van der Waals surface area contributed by atoms with Gasteiger partial charge < -0.3 is 14.2 Å². The molecule has 6 heteroatoms. The second kappa shape index (κ2) is 8.26. The first kappa shape index (κ1) is 17.6. The van der Waals surface area contributed by atoms with Crippen molar-refractivity contribution in [2.75, 3.05) is 6.79 Å². The Morgan fingerprint density at radius 1 is 1.00 bits per heavy atom. The van der Waals surface area contributed by atoms with Gasteiger partial charge in [0.2, 0.25) is 6.79 Å². The predicted octanol–water partition coefficient (Wildman–Crippen LogP) is 3.76. The van der Waals surface area contributed by atoms with Gasteiger partial charge in [-0.05, 0) is 35.9 Å². The molecule has 1 amide bonds. The normalized spacial score (nSPS) is 12.1. The topological polar surface area (TPSA) is 69.2 Å². The fourth-order valence-corrected chi connectivity index (χ4v) is 2.72. The van der Waals surface area contributed by atoms with Crippen LogP contribution < -0.4 is 19.6 Å². The fraction of sp³-hybridized carbons (Fsp3) is 0.0909. The summed E-state index contributed by atoms with van der Waals surface area (Å²) in [5, 5.41) is 4.05. The van der Waals surface area contributed by atoms with Crippen molar-refractivity contribution < 1.29 is 19.0 Å². The summed E-state index contributed by atoms with van der Waals surface area (Å²) >= 11 is 0. The first-order chi connectivity index (χ1) is 13.8. The van der Waals surface area contributed by atoms with Gasteiger partial charge in [-0.2, -0.15) is 5.10 Å². The molecule has 1 N–H and O–H groups in total. The number of carbonyl (C=O) groups excluding carboxylic acids is 1. The van der Waals surface area contributed by atoms with Crippen LogP contribution in [-0.4, -0.2) is 18.9 Å². The number of hydrogen-bond donors (Lipinski definition) is 1. The summed E-state index contributed by atoms with van der Waals surface area (Å²) in [6, 6.07) is 22.4. The molecular formula is C22H18N2O4. The van der Waals surface area contributed by atoms with E-state index in [2.05, 4.69) is 10.5 Å². The molecule has 140 valence electrons. The molecule has 0 fully saturated rings. The van der Waals surface area contributed by atoms with Gasteiger partial charge in [-0.15, -0.1) is 0 Å². The minimum atomic E-state index is -0.336. The fourth-order valence-electron chi connectivity index (χ4n) is 2.72. The SMILES string of the molecule is O=C(NN=Cc1ccccc1OCc1ccccc1)c1ccc2c(c1)OCO2. The molecule has 1 aliphatic rings. The Bertz CT molecular complexity index is 1000. The highest BCUT2D eigenvalue weighted by atomic mass is 16.7. The van der Waals surface area contributed by atoms with Crippen LogP contribution in [0.5, 0.6) is 17.2 Å². The Balaban J connectivity index is 1.40. The third-order valence-corrected chi connectivity index (χ3v) is 4.16. The zero-order chi connectivity index (χ0) is 19.2. The summed E-state index contributed by atoms with van der Waals surface area (Å²) in [7, 11) is 0. The van der Waals surface area contributed by atoms with Gasteiger partial charge in [0.05, 0.1) is 6.21 Å². The van der Waals surface area contributed by atoms with Crippen molar-refractivity contribution in [2.24, 2.45) is 5.10 Å². The molecule has 1 heterocycles. The van der Waals surface area contributed by atoms with Crippen LogP contribution in [0, 0.1) is 0 Å². The van der Waals surface area contributed by atoms with Crippen molar-refractivity contribution in [2.45, 2.75) is 6.61 Å². The van der Waals surface area contributed by atoms with Crippen molar-refractivity contribution in [3.8, 4) is 17.2 Å². The Morgan fingerprint density at radius 2 is 1.79 bits per heavy atom. The van der Waals surface area contributed by atoms with Gasteiger partial charge in [0.15, 0.2) is 11.5 Å². The van der Waals surface area contributed by atoms with Crippen LogP contribution >= 0.6 is 0 Å². The van der Waals surface area contributed by atoms with E-state index in [1.807, 2.05) is 54.6 Å². The summed E-state index contributed by atoms with van der Waals surface area (Å²) in [4.78, 5) is 12.3. The van der Waals surface area contributed by atoms with E-state index < -0.39 is 0 Å². The number of rotatable bonds is 6. The standard InChI is InChI=1S/C22H18N2O4/c25-22(17-10-11-20-21(12-17)28-15-27-20)24-23-13-18-8-4-5-9-19(18)26-14-16-6-2-1-3-7-16/h1-13H,14-15H2,(H,24,25). The Kier molecular flexibility index (Phi) is 5.20. The van der Waals surface area contributed by atoms with Gasteiger partial charge in [-0.25, -0.2) is 5.43 Å². The molecular weight excluding hydrogens is 356 g/mol. The quantitative estimate of drug-likeness (QED) is 0.527. The van der Waals surface area contributed by atoms with Gasteiger partial charge in [0.1, 0.15) is 12.4 Å². The van der Waals surface area contributed by atoms with E-state index in [1.54, 1.807) is 24.4 Å². The summed E-state index contributed by atoms with van der Waals surface area (Å²) in [5.74, 6) is 1.53. The Hall–Kier alpha value is -3.80. The zero-order valence-electron chi connectivity index (χ0n) is 15.0. The smallest absolute Gasteiger partial charge is 0.271 e. The molecule has 0 saturated carbocycles. The maximum Gasteiger partial charge on any atom is 0.271 e. The molecule has 0 atom stereocenters. The highest BCUT2D eigenvalue weighted by Crippen LogP contribution is 2.32. The van der Waals surface area contributed by atoms with Crippen molar-refractivity contribution in [3.63, 3.8) is 0 Å².